The molecule has 0 unspecified atom stereocenters. The maximum Gasteiger partial charge on any atom is 0.101 e. The second-order valence-corrected chi connectivity index (χ2v) is 9.06. The third kappa shape index (κ3) is 5.48. The van der Waals surface area contributed by atoms with Gasteiger partial charge in [0.05, 0.1) is 41.6 Å². The summed E-state index contributed by atoms with van der Waals surface area (Å²) in [4.78, 5) is 4.50. The highest BCUT2D eigenvalue weighted by molar-refractivity contribution is 6.30. The number of benzene rings is 3. The van der Waals surface area contributed by atoms with Crippen LogP contribution < -0.4 is 4.90 Å². The van der Waals surface area contributed by atoms with Crippen LogP contribution in [0.4, 0.5) is 5.69 Å². The van der Waals surface area contributed by atoms with Gasteiger partial charge >= 0.3 is 0 Å². The first kappa shape index (κ1) is 24.7. The molecule has 1 aliphatic heterocycles. The number of anilines is 1. The third-order valence-electron chi connectivity index (χ3n) is 6.60. The number of nitrogens with zero attached hydrogens (tertiary/aromatic N) is 4. The van der Waals surface area contributed by atoms with Crippen molar-refractivity contribution in [3.8, 4) is 12.1 Å². The Balaban J connectivity index is 1.69. The van der Waals surface area contributed by atoms with E-state index in [-0.39, 0.29) is 25.3 Å². The lowest BCUT2D eigenvalue weighted by molar-refractivity contribution is 0.103. The van der Waals surface area contributed by atoms with Gasteiger partial charge in [-0.3, -0.25) is 4.90 Å². The fourth-order valence-electron chi connectivity index (χ4n) is 4.77. The number of aliphatic hydroxyl groups excluding tert-OH is 2. The molecule has 3 aromatic rings. The van der Waals surface area contributed by atoms with Crippen LogP contribution in [0.3, 0.4) is 0 Å². The quantitative estimate of drug-likeness (QED) is 0.519. The Morgan fingerprint density at radius 1 is 0.943 bits per heavy atom. The molecule has 4 rings (SSSR count). The lowest BCUT2D eigenvalue weighted by Crippen LogP contribution is -2.50. The van der Waals surface area contributed by atoms with Crippen molar-refractivity contribution in [3.63, 3.8) is 0 Å². The van der Waals surface area contributed by atoms with Gasteiger partial charge in [-0.1, -0.05) is 41.9 Å². The monoisotopic (exact) mass is 486 g/mol. The number of piperazine rings is 1. The van der Waals surface area contributed by atoms with Crippen molar-refractivity contribution < 1.29 is 10.2 Å². The first-order valence-corrected chi connectivity index (χ1v) is 12.0. The Hall–Kier alpha value is -3.39. The summed E-state index contributed by atoms with van der Waals surface area (Å²) >= 11 is 6.16. The van der Waals surface area contributed by atoms with Crippen molar-refractivity contribution in [2.45, 2.75) is 18.5 Å². The number of aliphatic hydroxyl groups is 2. The molecular formula is C28H27ClN4O2. The molecule has 0 aliphatic carbocycles. The number of hydrogen-bond acceptors (Lipinski definition) is 6. The van der Waals surface area contributed by atoms with Crippen molar-refractivity contribution in [1.82, 2.24) is 4.90 Å². The second kappa shape index (κ2) is 11.4. The van der Waals surface area contributed by atoms with Crippen LogP contribution in [0.15, 0.2) is 66.7 Å². The van der Waals surface area contributed by atoms with E-state index in [1.165, 1.54) is 0 Å². The van der Waals surface area contributed by atoms with E-state index < -0.39 is 0 Å². The molecule has 1 aliphatic rings. The van der Waals surface area contributed by atoms with Gasteiger partial charge in [0.15, 0.2) is 0 Å². The van der Waals surface area contributed by atoms with Gasteiger partial charge in [-0.2, -0.15) is 10.5 Å². The Bertz CT molecular complexity index is 1230. The highest BCUT2D eigenvalue weighted by atomic mass is 35.5. The van der Waals surface area contributed by atoms with Gasteiger partial charge in [0.1, 0.15) is 6.07 Å². The fourth-order valence-corrected chi connectivity index (χ4v) is 4.89. The van der Waals surface area contributed by atoms with Gasteiger partial charge in [0.2, 0.25) is 0 Å². The molecule has 0 radical (unpaired) electrons. The Morgan fingerprint density at radius 3 is 2.31 bits per heavy atom. The summed E-state index contributed by atoms with van der Waals surface area (Å²) in [5.41, 5.74) is 4.97. The van der Waals surface area contributed by atoms with Gasteiger partial charge in [-0.05, 0) is 59.5 Å². The van der Waals surface area contributed by atoms with Gasteiger partial charge in [0.25, 0.3) is 0 Å². The van der Waals surface area contributed by atoms with Crippen LogP contribution in [-0.4, -0.2) is 48.0 Å². The van der Waals surface area contributed by atoms with Crippen molar-refractivity contribution in [1.29, 1.82) is 10.5 Å². The first-order chi connectivity index (χ1) is 17.1. The van der Waals surface area contributed by atoms with Crippen molar-refractivity contribution in [2.24, 2.45) is 0 Å². The minimum Gasteiger partial charge on any atom is -0.396 e. The fraction of sp³-hybridized carbons (Fsp3) is 0.286. The summed E-state index contributed by atoms with van der Waals surface area (Å²) < 4.78 is 0. The predicted molar refractivity (Wildman–Crippen MR) is 136 cm³/mol. The summed E-state index contributed by atoms with van der Waals surface area (Å²) in [6.07, 6.45) is 0.506. The van der Waals surface area contributed by atoms with E-state index in [1.54, 1.807) is 12.1 Å². The van der Waals surface area contributed by atoms with Crippen LogP contribution in [0.1, 0.15) is 39.9 Å². The molecule has 0 amide bonds. The molecule has 6 nitrogen and oxygen atoms in total. The van der Waals surface area contributed by atoms with E-state index in [0.29, 0.717) is 42.2 Å². The number of rotatable bonds is 7. The molecule has 7 heteroatoms. The summed E-state index contributed by atoms with van der Waals surface area (Å²) in [5, 5.41) is 39.3. The van der Waals surface area contributed by atoms with Crippen LogP contribution in [0.25, 0.3) is 0 Å². The largest absolute Gasteiger partial charge is 0.396 e. The van der Waals surface area contributed by atoms with Gasteiger partial charge in [-0.15, -0.1) is 0 Å². The zero-order chi connectivity index (χ0) is 24.8. The summed E-state index contributed by atoms with van der Waals surface area (Å²) in [5.74, 6) is 0. The smallest absolute Gasteiger partial charge is 0.101 e. The zero-order valence-electron chi connectivity index (χ0n) is 19.3. The molecular weight excluding hydrogens is 460 g/mol. The molecule has 0 spiro atoms. The number of nitriles is 2. The normalized spacial score (nSPS) is 16.9. The Morgan fingerprint density at radius 2 is 1.69 bits per heavy atom. The molecule has 178 valence electrons. The first-order valence-electron chi connectivity index (χ1n) is 11.6. The summed E-state index contributed by atoms with van der Waals surface area (Å²) in [6, 6.07) is 25.1. The van der Waals surface area contributed by atoms with E-state index in [1.807, 2.05) is 54.6 Å². The van der Waals surface area contributed by atoms with E-state index >= 15 is 0 Å². The van der Waals surface area contributed by atoms with Gasteiger partial charge in [0, 0.05) is 31.3 Å². The van der Waals surface area contributed by atoms with Crippen LogP contribution in [0.2, 0.25) is 5.02 Å². The highest BCUT2D eigenvalue weighted by Crippen LogP contribution is 2.36. The third-order valence-corrected chi connectivity index (χ3v) is 6.85. The Labute approximate surface area is 210 Å². The van der Waals surface area contributed by atoms with E-state index in [0.717, 1.165) is 22.4 Å². The van der Waals surface area contributed by atoms with Crippen molar-refractivity contribution in [3.05, 3.63) is 99.6 Å². The average Bonchev–Trinajstić information content (AvgIpc) is 2.90. The predicted octanol–water partition coefficient (Wildman–Crippen LogP) is 4.22. The molecule has 1 heterocycles. The van der Waals surface area contributed by atoms with E-state index in [4.69, 9.17) is 16.9 Å². The molecule has 3 aromatic carbocycles. The van der Waals surface area contributed by atoms with E-state index in [2.05, 4.69) is 21.9 Å². The standard InChI is InChI=1S/C28H27ClN4O2/c29-25-8-6-22(7-9-25)27-18-32(28(19-35)23-4-1-21(16-30)2-5-23)12-13-33(27)26-10-3-20(11-14-34)15-24(26)17-31/h1-10,15,27-28,34-35H,11-14,18-19H2/t27-,28+/m0/s1. The average molecular weight is 487 g/mol. The van der Waals surface area contributed by atoms with Crippen LogP contribution in [0.5, 0.6) is 0 Å². The van der Waals surface area contributed by atoms with Crippen LogP contribution in [-0.2, 0) is 6.42 Å². The molecule has 1 fully saturated rings. The lowest BCUT2D eigenvalue weighted by Gasteiger charge is -2.46. The van der Waals surface area contributed by atoms with Crippen LogP contribution >= 0.6 is 11.6 Å². The second-order valence-electron chi connectivity index (χ2n) is 8.62. The van der Waals surface area contributed by atoms with E-state index in [9.17, 15) is 15.5 Å². The minimum atomic E-state index is -0.206. The highest BCUT2D eigenvalue weighted by Gasteiger charge is 2.33. The molecule has 0 saturated carbocycles. The number of halogens is 1. The Kier molecular flexibility index (Phi) is 8.02. The molecule has 0 aromatic heterocycles. The molecule has 0 bridgehead atoms. The topological polar surface area (TPSA) is 94.5 Å². The van der Waals surface area contributed by atoms with Gasteiger partial charge in [-0.25, -0.2) is 0 Å². The minimum absolute atomic E-state index is 0.0359. The zero-order valence-corrected chi connectivity index (χ0v) is 20.1. The van der Waals surface area contributed by atoms with Crippen LogP contribution in [0, 0.1) is 22.7 Å². The maximum atomic E-state index is 10.3. The summed E-state index contributed by atoms with van der Waals surface area (Å²) in [6.45, 7) is 1.98. The lowest BCUT2D eigenvalue weighted by atomic mass is 9.96. The molecule has 2 N–H and O–H groups in total. The SMILES string of the molecule is N#Cc1ccc([C@@H](CO)N2CCN(c3ccc(CCO)cc3C#N)[C@H](c3ccc(Cl)cc3)C2)cc1. The molecule has 2 atom stereocenters. The molecule has 35 heavy (non-hydrogen) atoms. The van der Waals surface area contributed by atoms with Crippen molar-refractivity contribution >= 4 is 17.3 Å². The molecule has 1 saturated heterocycles. The van der Waals surface area contributed by atoms with Crippen molar-refractivity contribution in [2.75, 3.05) is 37.7 Å². The maximum absolute atomic E-state index is 10.3. The number of hydrogen-bond donors (Lipinski definition) is 2. The summed E-state index contributed by atoms with van der Waals surface area (Å²) in [7, 11) is 0. The van der Waals surface area contributed by atoms with Gasteiger partial charge < -0.3 is 15.1 Å².